The van der Waals surface area contributed by atoms with E-state index in [0.29, 0.717) is 12.6 Å². The van der Waals surface area contributed by atoms with Crippen LogP contribution in [0.25, 0.3) is 0 Å². The van der Waals surface area contributed by atoms with Gasteiger partial charge in [0.05, 0.1) is 12.7 Å². The molecule has 1 atom stereocenters. The van der Waals surface area contributed by atoms with Crippen molar-refractivity contribution in [3.63, 3.8) is 0 Å². The smallest absolute Gasteiger partial charge is 0.143 e. The van der Waals surface area contributed by atoms with Gasteiger partial charge in [-0.05, 0) is 6.42 Å². The van der Waals surface area contributed by atoms with Crippen LogP contribution >= 0.6 is 0 Å². The lowest BCUT2D eigenvalue weighted by Crippen LogP contribution is -2.28. The zero-order valence-corrected chi connectivity index (χ0v) is 8.13. The lowest BCUT2D eigenvalue weighted by atomic mass is 10.3. The highest BCUT2D eigenvalue weighted by atomic mass is 16.5. The van der Waals surface area contributed by atoms with Gasteiger partial charge in [-0.1, -0.05) is 20.8 Å². The predicted octanol–water partition coefficient (Wildman–Crippen LogP) is 1.30. The Morgan fingerprint density at radius 1 is 1.50 bits per heavy atom. The van der Waals surface area contributed by atoms with E-state index in [1.165, 1.54) is 0 Å². The summed E-state index contributed by atoms with van der Waals surface area (Å²) in [5, 5.41) is 11.8. The summed E-state index contributed by atoms with van der Waals surface area (Å²) < 4.78 is 5.27. The number of hydrogen-bond acceptors (Lipinski definition) is 3. The molecule has 1 unspecified atom stereocenters. The first-order chi connectivity index (χ1) is 5.70. The second-order valence-corrected chi connectivity index (χ2v) is 3.01. The van der Waals surface area contributed by atoms with Crippen LogP contribution in [-0.2, 0) is 4.74 Å². The van der Waals surface area contributed by atoms with Crippen molar-refractivity contribution in [2.75, 3.05) is 13.2 Å². The van der Waals surface area contributed by atoms with Crippen molar-refractivity contribution in [1.82, 2.24) is 5.32 Å². The Labute approximate surface area is 74.7 Å². The Hall–Kier alpha value is -0.590. The van der Waals surface area contributed by atoms with E-state index in [0.717, 1.165) is 13.0 Å². The van der Waals surface area contributed by atoms with Gasteiger partial charge in [0, 0.05) is 12.6 Å². The van der Waals surface area contributed by atoms with Gasteiger partial charge in [0.2, 0.25) is 0 Å². The molecule has 0 fully saturated rings. The standard InChI is InChI=1S/C9H18N2O/c1-4-9(7-10)12-6-5-11-8(2)3/h8-9,11H,4-6H2,1-3H3. The molecule has 0 spiro atoms. The summed E-state index contributed by atoms with van der Waals surface area (Å²) in [4.78, 5) is 0. The normalized spacial score (nSPS) is 12.9. The highest BCUT2D eigenvalue weighted by Crippen LogP contribution is 1.94. The van der Waals surface area contributed by atoms with Crippen LogP contribution < -0.4 is 5.32 Å². The van der Waals surface area contributed by atoms with E-state index < -0.39 is 0 Å². The molecule has 0 aromatic rings. The van der Waals surface area contributed by atoms with Gasteiger partial charge < -0.3 is 10.1 Å². The van der Waals surface area contributed by atoms with Crippen molar-refractivity contribution >= 4 is 0 Å². The number of ether oxygens (including phenoxy) is 1. The summed E-state index contributed by atoms with van der Waals surface area (Å²) in [6.45, 7) is 7.55. The van der Waals surface area contributed by atoms with Crippen molar-refractivity contribution in [1.29, 1.82) is 5.26 Å². The van der Waals surface area contributed by atoms with Crippen LogP contribution in [0.1, 0.15) is 27.2 Å². The van der Waals surface area contributed by atoms with Crippen LogP contribution in [0.2, 0.25) is 0 Å². The van der Waals surface area contributed by atoms with E-state index in [4.69, 9.17) is 10.00 Å². The van der Waals surface area contributed by atoms with E-state index in [2.05, 4.69) is 25.2 Å². The fourth-order valence-electron chi connectivity index (χ4n) is 0.795. The fourth-order valence-corrected chi connectivity index (χ4v) is 0.795. The van der Waals surface area contributed by atoms with Crippen LogP contribution in [0.5, 0.6) is 0 Å². The van der Waals surface area contributed by atoms with E-state index in [9.17, 15) is 0 Å². The molecule has 0 bridgehead atoms. The van der Waals surface area contributed by atoms with Gasteiger partial charge in [0.1, 0.15) is 6.10 Å². The zero-order valence-electron chi connectivity index (χ0n) is 8.13. The van der Waals surface area contributed by atoms with E-state index in [1.54, 1.807) is 0 Å². The molecule has 0 aromatic carbocycles. The second kappa shape index (κ2) is 7.08. The monoisotopic (exact) mass is 170 g/mol. The zero-order chi connectivity index (χ0) is 9.40. The molecule has 3 heteroatoms. The van der Waals surface area contributed by atoms with Crippen LogP contribution in [0.15, 0.2) is 0 Å². The molecule has 0 saturated heterocycles. The number of hydrogen-bond donors (Lipinski definition) is 1. The first kappa shape index (κ1) is 11.4. The average molecular weight is 170 g/mol. The maximum Gasteiger partial charge on any atom is 0.143 e. The lowest BCUT2D eigenvalue weighted by Gasteiger charge is -2.10. The number of nitrogens with one attached hydrogen (secondary N) is 1. The van der Waals surface area contributed by atoms with Crippen LogP contribution in [0, 0.1) is 11.3 Å². The minimum Gasteiger partial charge on any atom is -0.362 e. The van der Waals surface area contributed by atoms with Gasteiger partial charge in [-0.15, -0.1) is 0 Å². The molecule has 0 heterocycles. The van der Waals surface area contributed by atoms with E-state index in [-0.39, 0.29) is 6.10 Å². The van der Waals surface area contributed by atoms with E-state index >= 15 is 0 Å². The molecule has 0 aliphatic heterocycles. The largest absolute Gasteiger partial charge is 0.362 e. The van der Waals surface area contributed by atoms with Crippen LogP contribution in [-0.4, -0.2) is 25.3 Å². The fraction of sp³-hybridized carbons (Fsp3) is 0.889. The number of nitriles is 1. The Morgan fingerprint density at radius 2 is 2.17 bits per heavy atom. The molecular formula is C9H18N2O. The molecule has 12 heavy (non-hydrogen) atoms. The molecule has 0 aliphatic carbocycles. The summed E-state index contributed by atoms with van der Waals surface area (Å²) in [6.07, 6.45) is 0.525. The van der Waals surface area contributed by atoms with Crippen molar-refractivity contribution in [2.24, 2.45) is 0 Å². The topological polar surface area (TPSA) is 45.0 Å². The SMILES string of the molecule is CCC(C#N)OCCNC(C)C. The molecular weight excluding hydrogens is 152 g/mol. The van der Waals surface area contributed by atoms with Gasteiger partial charge in [-0.25, -0.2) is 0 Å². The van der Waals surface area contributed by atoms with Crippen molar-refractivity contribution in [3.8, 4) is 6.07 Å². The second-order valence-electron chi connectivity index (χ2n) is 3.01. The predicted molar refractivity (Wildman–Crippen MR) is 48.8 cm³/mol. The maximum absolute atomic E-state index is 8.54. The molecule has 70 valence electrons. The number of rotatable bonds is 6. The highest BCUT2D eigenvalue weighted by molar-refractivity contribution is 4.82. The molecule has 3 nitrogen and oxygen atoms in total. The minimum absolute atomic E-state index is 0.237. The molecule has 0 radical (unpaired) electrons. The molecule has 0 rings (SSSR count). The molecule has 0 aromatic heterocycles. The Morgan fingerprint density at radius 3 is 2.58 bits per heavy atom. The third kappa shape index (κ3) is 6.14. The highest BCUT2D eigenvalue weighted by Gasteiger charge is 2.02. The van der Waals surface area contributed by atoms with Gasteiger partial charge in [0.25, 0.3) is 0 Å². The third-order valence-electron chi connectivity index (χ3n) is 1.49. The first-order valence-corrected chi connectivity index (χ1v) is 4.45. The Balaban J connectivity index is 3.25. The third-order valence-corrected chi connectivity index (χ3v) is 1.49. The molecule has 0 amide bonds. The Kier molecular flexibility index (Phi) is 6.73. The summed E-state index contributed by atoms with van der Waals surface area (Å²) >= 11 is 0. The quantitative estimate of drug-likeness (QED) is 0.611. The van der Waals surface area contributed by atoms with Gasteiger partial charge in [-0.3, -0.25) is 0 Å². The van der Waals surface area contributed by atoms with E-state index in [1.807, 2.05) is 6.92 Å². The summed E-state index contributed by atoms with van der Waals surface area (Å²) in [6, 6.07) is 2.57. The van der Waals surface area contributed by atoms with Crippen molar-refractivity contribution in [2.45, 2.75) is 39.3 Å². The van der Waals surface area contributed by atoms with Crippen molar-refractivity contribution in [3.05, 3.63) is 0 Å². The van der Waals surface area contributed by atoms with Crippen LogP contribution in [0.4, 0.5) is 0 Å². The van der Waals surface area contributed by atoms with Gasteiger partial charge in [0.15, 0.2) is 0 Å². The Bertz CT molecular complexity index is 140. The maximum atomic E-state index is 8.54. The first-order valence-electron chi connectivity index (χ1n) is 4.45. The minimum atomic E-state index is -0.237. The van der Waals surface area contributed by atoms with Crippen molar-refractivity contribution < 1.29 is 4.74 Å². The summed E-state index contributed by atoms with van der Waals surface area (Å²) in [5.74, 6) is 0. The van der Waals surface area contributed by atoms with Crippen LogP contribution in [0.3, 0.4) is 0 Å². The molecule has 1 N–H and O–H groups in total. The molecule has 0 aliphatic rings. The van der Waals surface area contributed by atoms with Gasteiger partial charge >= 0.3 is 0 Å². The summed E-state index contributed by atoms with van der Waals surface area (Å²) in [5.41, 5.74) is 0. The average Bonchev–Trinajstić information content (AvgIpc) is 2.04. The lowest BCUT2D eigenvalue weighted by molar-refractivity contribution is 0.0885. The van der Waals surface area contributed by atoms with Gasteiger partial charge in [-0.2, -0.15) is 5.26 Å². The summed E-state index contributed by atoms with van der Waals surface area (Å²) in [7, 11) is 0. The molecule has 0 saturated carbocycles. The number of nitrogens with zero attached hydrogens (tertiary/aromatic N) is 1.